The SMILES string of the molecule is [Al][c]1ccccc1Oc1ccccc1. The Kier molecular flexibility index (Phi) is 2.88. The first-order chi connectivity index (χ1) is 6.86. The van der Waals surface area contributed by atoms with Gasteiger partial charge < -0.3 is 4.74 Å². The molecule has 0 atom stereocenters. The van der Waals surface area contributed by atoms with Crippen LogP contribution >= 0.6 is 0 Å². The molecule has 0 spiro atoms. The lowest BCUT2D eigenvalue weighted by Gasteiger charge is -2.08. The average molecular weight is 196 g/mol. The lowest BCUT2D eigenvalue weighted by molar-refractivity contribution is 0.486. The Morgan fingerprint density at radius 3 is 2.14 bits per heavy atom. The Bertz CT molecular complexity index is 412. The van der Waals surface area contributed by atoms with Gasteiger partial charge in [0, 0.05) is 0 Å². The van der Waals surface area contributed by atoms with Crippen LogP contribution in [0.3, 0.4) is 0 Å². The molecule has 0 aliphatic rings. The van der Waals surface area contributed by atoms with Crippen LogP contribution in [0.25, 0.3) is 0 Å². The fraction of sp³-hybridized carbons (Fsp3) is 0. The minimum absolute atomic E-state index is 0.863. The second-order valence-electron chi connectivity index (χ2n) is 2.95. The summed E-state index contributed by atoms with van der Waals surface area (Å²) in [4.78, 5) is 0. The summed E-state index contributed by atoms with van der Waals surface area (Å²) in [6.07, 6.45) is 0. The topological polar surface area (TPSA) is 9.23 Å². The van der Waals surface area contributed by atoms with Crippen LogP contribution in [0.4, 0.5) is 0 Å². The predicted octanol–water partition coefficient (Wildman–Crippen LogP) is 2.27. The molecule has 2 radical (unpaired) electrons. The van der Waals surface area contributed by atoms with Gasteiger partial charge in [0.15, 0.2) is 16.3 Å². The van der Waals surface area contributed by atoms with Gasteiger partial charge >= 0.3 is 0 Å². The molecule has 2 heteroatoms. The molecule has 0 saturated carbocycles. The first-order valence-electron chi connectivity index (χ1n) is 4.43. The summed E-state index contributed by atoms with van der Waals surface area (Å²) < 4.78 is 6.75. The number of para-hydroxylation sites is 2. The van der Waals surface area contributed by atoms with Crippen molar-refractivity contribution in [3.8, 4) is 11.5 Å². The van der Waals surface area contributed by atoms with E-state index >= 15 is 0 Å². The minimum atomic E-state index is 0.863. The molecule has 0 bridgehead atoms. The lowest BCUT2D eigenvalue weighted by Crippen LogP contribution is -2.05. The van der Waals surface area contributed by atoms with E-state index in [1.807, 2.05) is 54.6 Å². The minimum Gasteiger partial charge on any atom is -0.459 e. The number of benzene rings is 2. The van der Waals surface area contributed by atoms with E-state index in [1.54, 1.807) is 0 Å². The Morgan fingerprint density at radius 1 is 0.786 bits per heavy atom. The second-order valence-corrected chi connectivity index (χ2v) is 3.57. The quantitative estimate of drug-likeness (QED) is 0.669. The summed E-state index contributed by atoms with van der Waals surface area (Å²) in [6.45, 7) is 0. The third-order valence-electron chi connectivity index (χ3n) is 1.89. The van der Waals surface area contributed by atoms with Crippen molar-refractivity contribution in [2.45, 2.75) is 0 Å². The van der Waals surface area contributed by atoms with Crippen LogP contribution in [0, 0.1) is 0 Å². The molecule has 0 saturated heterocycles. The van der Waals surface area contributed by atoms with E-state index in [4.69, 9.17) is 4.74 Å². The highest BCUT2D eigenvalue weighted by Gasteiger charge is 1.97. The summed E-state index contributed by atoms with van der Waals surface area (Å²) in [5.41, 5.74) is 0. The van der Waals surface area contributed by atoms with Crippen molar-refractivity contribution in [1.29, 1.82) is 0 Å². The predicted molar refractivity (Wildman–Crippen MR) is 58.3 cm³/mol. The average Bonchev–Trinajstić information content (AvgIpc) is 2.23. The molecule has 66 valence electrons. The van der Waals surface area contributed by atoms with Crippen LogP contribution in [0.15, 0.2) is 54.6 Å². The standard InChI is InChI=1S/C12H9O.Al/c1-3-7-11(8-4-1)13-12-9-5-2-6-10-12;/h1-9H;. The molecular weight excluding hydrogens is 187 g/mol. The molecule has 0 unspecified atom stereocenters. The molecule has 2 aromatic rings. The zero-order valence-electron chi connectivity index (χ0n) is 7.68. The fourth-order valence-corrected chi connectivity index (χ4v) is 1.46. The smallest absolute Gasteiger partial charge is 0.181 e. The molecule has 0 aliphatic heterocycles. The van der Waals surface area contributed by atoms with E-state index in [1.165, 1.54) is 0 Å². The van der Waals surface area contributed by atoms with Gasteiger partial charge in [-0.2, -0.15) is 0 Å². The molecule has 0 fully saturated rings. The molecule has 2 rings (SSSR count). The van der Waals surface area contributed by atoms with Crippen molar-refractivity contribution in [3.05, 3.63) is 54.6 Å². The van der Waals surface area contributed by atoms with Gasteiger partial charge in [0.25, 0.3) is 0 Å². The normalized spacial score (nSPS) is 9.71. The van der Waals surface area contributed by atoms with E-state index in [-0.39, 0.29) is 0 Å². The van der Waals surface area contributed by atoms with Crippen LogP contribution in [0.1, 0.15) is 0 Å². The van der Waals surface area contributed by atoms with Gasteiger partial charge in [-0.3, -0.25) is 0 Å². The van der Waals surface area contributed by atoms with Crippen LogP contribution in [-0.4, -0.2) is 16.3 Å². The maximum atomic E-state index is 5.69. The summed E-state index contributed by atoms with van der Waals surface area (Å²) in [5, 5.41) is 0. The first kappa shape index (κ1) is 9.33. The van der Waals surface area contributed by atoms with Gasteiger partial charge in [-0.15, -0.1) is 0 Å². The number of rotatable bonds is 2. The first-order valence-corrected chi connectivity index (χ1v) is 5.01. The molecule has 0 aromatic heterocycles. The van der Waals surface area contributed by atoms with Crippen molar-refractivity contribution >= 4 is 20.7 Å². The van der Waals surface area contributed by atoms with E-state index in [2.05, 4.69) is 16.3 Å². The molecular formula is C12H9AlO. The van der Waals surface area contributed by atoms with Crippen molar-refractivity contribution in [3.63, 3.8) is 0 Å². The highest BCUT2D eigenvalue weighted by Crippen LogP contribution is 2.17. The highest BCUT2D eigenvalue weighted by molar-refractivity contribution is 6.34. The molecule has 0 N–H and O–H groups in total. The Labute approximate surface area is 91.8 Å². The summed E-state index contributed by atoms with van der Waals surface area (Å²) in [7, 11) is 0. The van der Waals surface area contributed by atoms with E-state index in [0.29, 0.717) is 0 Å². The molecule has 0 heterocycles. The molecule has 0 amide bonds. The third-order valence-corrected chi connectivity index (χ3v) is 2.37. The fourth-order valence-electron chi connectivity index (χ4n) is 1.19. The van der Waals surface area contributed by atoms with Crippen molar-refractivity contribution < 1.29 is 4.74 Å². The van der Waals surface area contributed by atoms with Gasteiger partial charge in [0.1, 0.15) is 11.5 Å². The van der Waals surface area contributed by atoms with Crippen LogP contribution in [0.2, 0.25) is 0 Å². The molecule has 1 nitrogen and oxygen atoms in total. The number of hydrogen-bond donors (Lipinski definition) is 0. The Hall–Kier alpha value is -1.23. The van der Waals surface area contributed by atoms with Gasteiger partial charge in [-0.25, -0.2) is 0 Å². The van der Waals surface area contributed by atoms with E-state index < -0.39 is 0 Å². The van der Waals surface area contributed by atoms with Crippen LogP contribution in [-0.2, 0) is 0 Å². The van der Waals surface area contributed by atoms with Gasteiger partial charge in [0.2, 0.25) is 0 Å². The van der Waals surface area contributed by atoms with Gasteiger partial charge in [-0.1, -0.05) is 40.8 Å². The Balaban J connectivity index is 2.24. The molecule has 14 heavy (non-hydrogen) atoms. The third kappa shape index (κ3) is 2.17. The molecule has 0 aliphatic carbocycles. The zero-order valence-corrected chi connectivity index (χ0v) is 8.84. The maximum Gasteiger partial charge on any atom is 0.181 e. The summed E-state index contributed by atoms with van der Waals surface area (Å²) in [5.74, 6) is 1.74. The Morgan fingerprint density at radius 2 is 1.43 bits per heavy atom. The van der Waals surface area contributed by atoms with Crippen molar-refractivity contribution in [1.82, 2.24) is 0 Å². The summed E-state index contributed by atoms with van der Waals surface area (Å²) >= 11 is 2.66. The van der Waals surface area contributed by atoms with E-state index in [0.717, 1.165) is 15.9 Å². The highest BCUT2D eigenvalue weighted by atomic mass is 27.0. The zero-order chi connectivity index (χ0) is 9.80. The molecule has 2 aromatic carbocycles. The van der Waals surface area contributed by atoms with Crippen LogP contribution < -0.4 is 9.16 Å². The van der Waals surface area contributed by atoms with Crippen molar-refractivity contribution in [2.24, 2.45) is 0 Å². The maximum absolute atomic E-state index is 5.69. The van der Waals surface area contributed by atoms with E-state index in [9.17, 15) is 0 Å². The largest absolute Gasteiger partial charge is 0.459 e. The second kappa shape index (κ2) is 4.33. The van der Waals surface area contributed by atoms with Gasteiger partial charge in [-0.05, 0) is 18.2 Å². The van der Waals surface area contributed by atoms with Crippen LogP contribution in [0.5, 0.6) is 11.5 Å². The van der Waals surface area contributed by atoms with Gasteiger partial charge in [0.05, 0.1) is 0 Å². The monoisotopic (exact) mass is 196 g/mol. The van der Waals surface area contributed by atoms with Crippen molar-refractivity contribution in [2.75, 3.05) is 0 Å². The summed E-state index contributed by atoms with van der Waals surface area (Å²) in [6, 6.07) is 17.7. The number of hydrogen-bond acceptors (Lipinski definition) is 1. The lowest BCUT2D eigenvalue weighted by atomic mass is 10.3. The number of ether oxygens (including phenoxy) is 1.